The monoisotopic (exact) mass is 543 g/mol. The molecule has 1 N–H and O–H groups in total. The molecule has 0 saturated heterocycles. The van der Waals surface area contributed by atoms with E-state index in [2.05, 4.69) is 62.4 Å². The lowest BCUT2D eigenvalue weighted by molar-refractivity contribution is -2.00. The van der Waals surface area contributed by atoms with Gasteiger partial charge in [0.15, 0.2) is 15.7 Å². The number of aliphatic imine (C=N–C) groups is 1. The van der Waals surface area contributed by atoms with Crippen molar-refractivity contribution in [2.75, 3.05) is 12.9 Å². The van der Waals surface area contributed by atoms with Crippen molar-refractivity contribution in [1.29, 1.82) is 0 Å². The van der Waals surface area contributed by atoms with Gasteiger partial charge in [-0.3, -0.25) is 0 Å². The topological polar surface area (TPSA) is 203 Å². The largest absolute Gasteiger partial charge is 0.484 e. The maximum absolute atomic E-state index is 8.60. The van der Waals surface area contributed by atoms with Gasteiger partial charge in [0.25, 0.3) is 0 Å². The highest BCUT2D eigenvalue weighted by atomic mass is 35.7. The minimum absolute atomic E-state index is 0.0341. The number of fused-ring (bicyclic) bond motifs is 2. The summed E-state index contributed by atoms with van der Waals surface area (Å²) >= 11 is 1.88. The van der Waals surface area contributed by atoms with Crippen molar-refractivity contribution < 1.29 is 62.5 Å². The zero-order valence-corrected chi connectivity index (χ0v) is 21.2. The molecule has 2 aromatic carbocycles. The van der Waals surface area contributed by atoms with Gasteiger partial charge < -0.3 is 4.74 Å². The average Bonchev–Trinajstić information content (AvgIpc) is 2.64. The Bertz CT molecular complexity index is 864. The van der Waals surface area contributed by atoms with Gasteiger partial charge >= 0.3 is 0 Å². The summed E-state index contributed by atoms with van der Waals surface area (Å²) in [6.45, 7) is 6.30. The van der Waals surface area contributed by atoms with Crippen LogP contribution in [-0.2, 0) is 15.6 Å². The number of benzene rings is 2. The summed E-state index contributed by atoms with van der Waals surface area (Å²) < 4.78 is 72.0. The van der Waals surface area contributed by atoms with E-state index in [0.29, 0.717) is 0 Å². The maximum Gasteiger partial charge on any atom is 0.180 e. The normalized spacial score (nSPS) is 14.1. The molecule has 1 aliphatic rings. The number of ether oxygens (including phenoxy) is 1. The zero-order valence-electron chi connectivity index (χ0n) is 18.1. The van der Waals surface area contributed by atoms with Crippen LogP contribution in [0, 0.1) is 20.5 Å². The summed E-state index contributed by atoms with van der Waals surface area (Å²) in [5.74, 6) is 1.73. The van der Waals surface area contributed by atoms with Gasteiger partial charge in [-0.25, -0.2) is 23.6 Å². The van der Waals surface area contributed by atoms with Crippen molar-refractivity contribution in [1.82, 2.24) is 0 Å². The first-order chi connectivity index (χ1) is 15.0. The number of nitrogens with zero attached hydrogens (tertiary/aromatic N) is 1. The molecule has 1 aliphatic heterocycles. The number of hydrogen-bond donors (Lipinski definition) is 1. The van der Waals surface area contributed by atoms with Crippen LogP contribution in [0.3, 0.4) is 0 Å². The molecule has 0 bridgehead atoms. The molecule has 3 rings (SSSR count). The molecule has 0 saturated carbocycles. The lowest BCUT2D eigenvalue weighted by Crippen LogP contribution is -2.68. The van der Waals surface area contributed by atoms with Crippen molar-refractivity contribution in [3.05, 3.63) is 48.5 Å². The van der Waals surface area contributed by atoms with E-state index in [1.165, 1.54) is 19.6 Å². The van der Waals surface area contributed by atoms with Crippen molar-refractivity contribution in [3.63, 3.8) is 0 Å². The molecule has 33 heavy (non-hydrogen) atoms. The third-order valence-corrected chi connectivity index (χ3v) is 7.88. The summed E-state index contributed by atoms with van der Waals surface area (Å²) in [6, 6.07) is 17.5. The molecule has 14 heteroatoms. The molecule has 0 unspecified atom stereocenters. The summed E-state index contributed by atoms with van der Waals surface area (Å²) in [5, 5.41) is 0. The Labute approximate surface area is 203 Å². The van der Waals surface area contributed by atoms with Crippen LogP contribution in [0.1, 0.15) is 20.8 Å². The number of hydrogen-bond acceptors (Lipinski definition) is 11. The molecule has 1 heterocycles. The van der Waals surface area contributed by atoms with Crippen LogP contribution in [0.15, 0.2) is 73.1 Å². The van der Waals surface area contributed by atoms with Gasteiger partial charge in [0.2, 0.25) is 0 Å². The third-order valence-electron chi connectivity index (χ3n) is 3.70. The molecule has 184 valence electrons. The first kappa shape index (κ1) is 29.9. The van der Waals surface area contributed by atoms with E-state index in [0.717, 1.165) is 11.7 Å². The maximum atomic E-state index is 8.60. The minimum Gasteiger partial charge on any atom is -0.484 e. The van der Waals surface area contributed by atoms with Crippen LogP contribution >= 0.6 is 11.8 Å². The molecular formula is C19H23Cl2NO9S2. The Morgan fingerprint density at radius 2 is 1.30 bits per heavy atom. The van der Waals surface area contributed by atoms with Crippen molar-refractivity contribution >= 4 is 28.6 Å². The van der Waals surface area contributed by atoms with Gasteiger partial charge in [0, 0.05) is 6.92 Å². The van der Waals surface area contributed by atoms with E-state index >= 15 is 0 Å². The highest BCUT2D eigenvalue weighted by molar-refractivity contribution is 8.04. The highest BCUT2D eigenvalue weighted by Crippen LogP contribution is 2.46. The van der Waals surface area contributed by atoms with E-state index in [4.69, 9.17) is 47.0 Å². The summed E-state index contributed by atoms with van der Waals surface area (Å²) in [5.41, 5.74) is -0.161. The van der Waals surface area contributed by atoms with Crippen LogP contribution in [0.4, 0.5) is 0 Å². The third kappa shape index (κ3) is 12.8. The summed E-state index contributed by atoms with van der Waals surface area (Å²) in [4.78, 5) is 10.4. The fourth-order valence-electron chi connectivity index (χ4n) is 2.73. The van der Waals surface area contributed by atoms with Gasteiger partial charge in [-0.2, -0.15) is 14.0 Å². The fourth-order valence-corrected chi connectivity index (χ4v) is 6.87. The predicted octanol–water partition coefficient (Wildman–Crippen LogP) is -3.85. The Hall–Kier alpha value is -1.13. The van der Waals surface area contributed by atoms with Crippen LogP contribution in [0.2, 0.25) is 0 Å². The van der Waals surface area contributed by atoms with E-state index in [9.17, 15) is 0 Å². The van der Waals surface area contributed by atoms with Gasteiger partial charge in [0.05, 0.1) is 42.7 Å². The summed E-state index contributed by atoms with van der Waals surface area (Å²) in [7, 11) is -7.93. The second-order valence-electron chi connectivity index (χ2n) is 6.95. The lowest BCUT2D eigenvalue weighted by Gasteiger charge is -2.24. The predicted molar refractivity (Wildman–Crippen MR) is 102 cm³/mol. The number of methoxy groups -OCH3 is 1. The number of rotatable bonds is 3. The van der Waals surface area contributed by atoms with E-state index in [1.807, 2.05) is 18.7 Å². The van der Waals surface area contributed by atoms with Crippen LogP contribution in [0.25, 0.3) is 0 Å². The minimum atomic E-state index is -4.94. The molecule has 0 aromatic heterocycles. The van der Waals surface area contributed by atoms with Crippen molar-refractivity contribution in [3.8, 4) is 0 Å². The van der Waals surface area contributed by atoms with E-state index in [-0.39, 0.29) is 16.4 Å². The second kappa shape index (κ2) is 12.5. The highest BCUT2D eigenvalue weighted by Gasteiger charge is 2.40. The standard InChI is InChI=1S/C19H22NOS2.2ClHO4/c1-14(21-4)20-19(2,3)13-23-17-11-7-5-9-15(17)22-16-10-6-8-12-18(16)23;2*2-1(3,4)5/h5-12H,13H2,1-4H3;2*(H,2,3,4,5)/q+1;;/p-1. The second-order valence-corrected chi connectivity index (χ2v) is 11.5. The quantitative estimate of drug-likeness (QED) is 0.226. The van der Waals surface area contributed by atoms with E-state index in [1.54, 1.807) is 7.11 Å². The van der Waals surface area contributed by atoms with Crippen LogP contribution < -0.4 is 32.6 Å². The van der Waals surface area contributed by atoms with Crippen molar-refractivity contribution in [2.24, 2.45) is 4.99 Å². The van der Waals surface area contributed by atoms with Gasteiger partial charge in [-0.1, -0.05) is 36.0 Å². The van der Waals surface area contributed by atoms with E-state index < -0.39 is 20.5 Å². The molecule has 0 aliphatic carbocycles. The van der Waals surface area contributed by atoms with Gasteiger partial charge in [-0.15, -0.1) is 10.2 Å². The smallest absolute Gasteiger partial charge is 0.180 e. The molecule has 0 spiro atoms. The van der Waals surface area contributed by atoms with Gasteiger partial charge in [-0.05, 0) is 38.1 Å². The van der Waals surface area contributed by atoms with Gasteiger partial charge in [0.1, 0.15) is 11.3 Å². The Morgan fingerprint density at radius 3 is 1.67 bits per heavy atom. The summed E-state index contributed by atoms with van der Waals surface area (Å²) in [6.07, 6.45) is 0. The average molecular weight is 544 g/mol. The first-order valence-electron chi connectivity index (χ1n) is 8.92. The van der Waals surface area contributed by atoms with Crippen LogP contribution in [-0.4, -0.2) is 29.0 Å². The Morgan fingerprint density at radius 1 is 0.939 bits per heavy atom. The fraction of sp³-hybridized carbons (Fsp3) is 0.316. The molecule has 0 radical (unpaired) electrons. The zero-order chi connectivity index (χ0) is 25.4. The molecular weight excluding hydrogens is 521 g/mol. The lowest BCUT2D eigenvalue weighted by atomic mass is 10.1. The number of halogens is 2. The molecule has 2 aromatic rings. The molecule has 0 atom stereocenters. The molecule has 10 nitrogen and oxygen atoms in total. The van der Waals surface area contributed by atoms with Crippen LogP contribution in [0.5, 0.6) is 0 Å². The molecule has 0 fully saturated rings. The molecule has 0 amide bonds. The SMILES string of the molecule is COC(C)=NC(C)(C)C[S+]1c2ccccc2Sc2ccccc21.[O-][Cl+3]([O-])([O-])O.[O-][Cl+3]([O-])([O-])[O-]. The Kier molecular flexibility index (Phi) is 11.4. The first-order valence-corrected chi connectivity index (χ1v) is 13.6. The Balaban J connectivity index is 0.000000460. The van der Waals surface area contributed by atoms with Crippen molar-refractivity contribution in [2.45, 2.75) is 45.9 Å².